The topological polar surface area (TPSA) is 55.8 Å². The molecule has 5 nitrogen and oxygen atoms in total. The van der Waals surface area contributed by atoms with Crippen molar-refractivity contribution < 1.29 is 19.1 Å². The van der Waals surface area contributed by atoms with Gasteiger partial charge in [0.1, 0.15) is 0 Å². The molecule has 0 spiro atoms. The molecule has 0 aromatic heterocycles. The monoisotopic (exact) mass is 297 g/mol. The van der Waals surface area contributed by atoms with Crippen LogP contribution in [0.1, 0.15) is 40.5 Å². The minimum atomic E-state index is -0.121. The Morgan fingerprint density at radius 1 is 1.14 bits per heavy atom. The van der Waals surface area contributed by atoms with Gasteiger partial charge in [-0.3, -0.25) is 9.59 Å². The van der Waals surface area contributed by atoms with Gasteiger partial charge in [0.2, 0.25) is 5.91 Å². The number of nitrogens with zero attached hydrogens (tertiary/aromatic N) is 1. The average Bonchev–Trinajstić information content (AvgIpc) is 2.72. The van der Waals surface area contributed by atoms with E-state index < -0.39 is 0 Å². The standard InChI is InChI=1S/C16H27NO4/c1-5-20-16(19)13-6-8-17(9-7-13)15(18)14-10(2)11(3)21-12(14)4/h10-14H,5-9H2,1-4H3. The first-order valence-corrected chi connectivity index (χ1v) is 8.06. The molecule has 0 radical (unpaired) electrons. The second kappa shape index (κ2) is 6.77. The summed E-state index contributed by atoms with van der Waals surface area (Å²) >= 11 is 0. The molecule has 1 amide bonds. The highest BCUT2D eigenvalue weighted by Crippen LogP contribution is 2.34. The van der Waals surface area contributed by atoms with Gasteiger partial charge in [0.05, 0.1) is 30.7 Å². The highest BCUT2D eigenvalue weighted by molar-refractivity contribution is 5.80. The summed E-state index contributed by atoms with van der Waals surface area (Å²) in [5.74, 6) is 0.197. The Bertz CT molecular complexity index is 390. The van der Waals surface area contributed by atoms with Crippen LogP contribution in [0.25, 0.3) is 0 Å². The second-order valence-corrected chi connectivity index (χ2v) is 6.28. The number of likely N-dealkylation sites (tertiary alicyclic amines) is 1. The molecule has 0 aromatic carbocycles. The molecule has 0 bridgehead atoms. The van der Waals surface area contributed by atoms with E-state index in [4.69, 9.17) is 9.47 Å². The number of esters is 1. The second-order valence-electron chi connectivity index (χ2n) is 6.28. The fourth-order valence-electron chi connectivity index (χ4n) is 3.50. The summed E-state index contributed by atoms with van der Waals surface area (Å²) in [6.07, 6.45) is 1.52. The van der Waals surface area contributed by atoms with Gasteiger partial charge in [-0.25, -0.2) is 0 Å². The third kappa shape index (κ3) is 3.39. The normalized spacial score (nSPS) is 34.0. The minimum absolute atomic E-state index is 0.0229. The molecule has 2 saturated heterocycles. The van der Waals surface area contributed by atoms with Crippen LogP contribution in [0, 0.1) is 17.8 Å². The third-order valence-corrected chi connectivity index (χ3v) is 4.95. The first-order valence-electron chi connectivity index (χ1n) is 8.06. The quantitative estimate of drug-likeness (QED) is 0.746. The van der Waals surface area contributed by atoms with Crippen molar-refractivity contribution in [3.05, 3.63) is 0 Å². The van der Waals surface area contributed by atoms with Crippen LogP contribution < -0.4 is 0 Å². The molecule has 0 aromatic rings. The van der Waals surface area contributed by atoms with Gasteiger partial charge in [0, 0.05) is 13.1 Å². The van der Waals surface area contributed by atoms with Gasteiger partial charge in [0.25, 0.3) is 0 Å². The van der Waals surface area contributed by atoms with Crippen LogP contribution in [0.3, 0.4) is 0 Å². The van der Waals surface area contributed by atoms with Gasteiger partial charge in [-0.15, -0.1) is 0 Å². The summed E-state index contributed by atoms with van der Waals surface area (Å²) in [4.78, 5) is 26.3. The van der Waals surface area contributed by atoms with Crippen LogP contribution in [0.4, 0.5) is 0 Å². The smallest absolute Gasteiger partial charge is 0.309 e. The number of amides is 1. The van der Waals surface area contributed by atoms with Crippen LogP contribution >= 0.6 is 0 Å². The molecule has 21 heavy (non-hydrogen) atoms. The number of carbonyl (C=O) groups excluding carboxylic acids is 2. The van der Waals surface area contributed by atoms with E-state index in [1.807, 2.05) is 25.7 Å². The van der Waals surface area contributed by atoms with E-state index in [0.29, 0.717) is 32.5 Å². The maximum atomic E-state index is 12.7. The third-order valence-electron chi connectivity index (χ3n) is 4.95. The number of rotatable bonds is 3. The largest absolute Gasteiger partial charge is 0.466 e. The fraction of sp³-hybridized carbons (Fsp3) is 0.875. The van der Waals surface area contributed by atoms with Gasteiger partial charge in [0.15, 0.2) is 0 Å². The van der Waals surface area contributed by atoms with Crippen LogP contribution in [0.2, 0.25) is 0 Å². The minimum Gasteiger partial charge on any atom is -0.466 e. The summed E-state index contributed by atoms with van der Waals surface area (Å²) in [5, 5.41) is 0. The highest BCUT2D eigenvalue weighted by atomic mass is 16.5. The Labute approximate surface area is 127 Å². The number of piperidine rings is 1. The lowest BCUT2D eigenvalue weighted by Crippen LogP contribution is -2.46. The fourth-order valence-corrected chi connectivity index (χ4v) is 3.50. The number of carbonyl (C=O) groups is 2. The van der Waals surface area contributed by atoms with E-state index in [9.17, 15) is 9.59 Å². The summed E-state index contributed by atoms with van der Waals surface area (Å²) < 4.78 is 10.8. The van der Waals surface area contributed by atoms with Crippen LogP contribution in [-0.2, 0) is 19.1 Å². The van der Waals surface area contributed by atoms with Gasteiger partial charge >= 0.3 is 5.97 Å². The molecular formula is C16H27NO4. The number of hydrogen-bond acceptors (Lipinski definition) is 4. The molecule has 0 saturated carbocycles. The molecule has 2 aliphatic rings. The number of ether oxygens (including phenoxy) is 2. The first kappa shape index (κ1) is 16.3. The summed E-state index contributed by atoms with van der Waals surface area (Å²) in [7, 11) is 0. The van der Waals surface area contributed by atoms with Crippen molar-refractivity contribution in [3.8, 4) is 0 Å². The van der Waals surface area contributed by atoms with Gasteiger partial charge in [-0.2, -0.15) is 0 Å². The SMILES string of the molecule is CCOC(=O)C1CCN(C(=O)C2C(C)OC(C)C2C)CC1. The van der Waals surface area contributed by atoms with E-state index in [-0.39, 0.29) is 41.8 Å². The lowest BCUT2D eigenvalue weighted by atomic mass is 9.87. The van der Waals surface area contributed by atoms with Crippen LogP contribution in [-0.4, -0.2) is 48.7 Å². The lowest BCUT2D eigenvalue weighted by molar-refractivity contribution is -0.152. The Morgan fingerprint density at radius 3 is 2.24 bits per heavy atom. The Balaban J connectivity index is 1.90. The molecule has 2 rings (SSSR count). The maximum Gasteiger partial charge on any atom is 0.309 e. The van der Waals surface area contributed by atoms with E-state index in [0.717, 1.165) is 0 Å². The van der Waals surface area contributed by atoms with Crippen molar-refractivity contribution in [3.63, 3.8) is 0 Å². The van der Waals surface area contributed by atoms with Gasteiger partial charge in [-0.05, 0) is 39.5 Å². The maximum absolute atomic E-state index is 12.7. The van der Waals surface area contributed by atoms with Crippen molar-refractivity contribution in [1.29, 1.82) is 0 Å². The summed E-state index contributed by atoms with van der Waals surface area (Å²) in [6.45, 7) is 9.63. The average molecular weight is 297 g/mol. The molecule has 4 atom stereocenters. The van der Waals surface area contributed by atoms with Crippen LogP contribution in [0.5, 0.6) is 0 Å². The van der Waals surface area contributed by atoms with E-state index in [1.165, 1.54) is 0 Å². The summed E-state index contributed by atoms with van der Waals surface area (Å²) in [5.41, 5.74) is 0. The molecule has 2 fully saturated rings. The summed E-state index contributed by atoms with van der Waals surface area (Å²) in [6, 6.07) is 0. The Kier molecular flexibility index (Phi) is 5.25. The van der Waals surface area contributed by atoms with E-state index in [1.54, 1.807) is 0 Å². The lowest BCUT2D eigenvalue weighted by Gasteiger charge is -2.34. The van der Waals surface area contributed by atoms with E-state index in [2.05, 4.69) is 6.92 Å². The molecule has 0 N–H and O–H groups in total. The number of hydrogen-bond donors (Lipinski definition) is 0. The van der Waals surface area contributed by atoms with Gasteiger partial charge in [-0.1, -0.05) is 6.92 Å². The van der Waals surface area contributed by atoms with Crippen molar-refractivity contribution >= 4 is 11.9 Å². The van der Waals surface area contributed by atoms with Gasteiger partial charge < -0.3 is 14.4 Å². The molecule has 2 aliphatic heterocycles. The molecule has 120 valence electrons. The van der Waals surface area contributed by atoms with Crippen molar-refractivity contribution in [2.75, 3.05) is 19.7 Å². The van der Waals surface area contributed by atoms with Crippen molar-refractivity contribution in [2.24, 2.45) is 17.8 Å². The zero-order valence-corrected chi connectivity index (χ0v) is 13.5. The predicted octanol–water partition coefficient (Wildman–Crippen LogP) is 1.85. The molecule has 4 unspecified atom stereocenters. The Hall–Kier alpha value is -1.10. The molecular weight excluding hydrogens is 270 g/mol. The highest BCUT2D eigenvalue weighted by Gasteiger charge is 2.44. The van der Waals surface area contributed by atoms with Crippen molar-refractivity contribution in [2.45, 2.75) is 52.7 Å². The molecule has 0 aliphatic carbocycles. The molecule has 5 heteroatoms. The van der Waals surface area contributed by atoms with Crippen LogP contribution in [0.15, 0.2) is 0 Å². The first-order chi connectivity index (χ1) is 9.95. The molecule has 2 heterocycles. The Morgan fingerprint density at radius 2 is 1.76 bits per heavy atom. The predicted molar refractivity (Wildman–Crippen MR) is 78.6 cm³/mol. The zero-order valence-electron chi connectivity index (χ0n) is 13.5. The van der Waals surface area contributed by atoms with E-state index >= 15 is 0 Å². The van der Waals surface area contributed by atoms with Crippen molar-refractivity contribution in [1.82, 2.24) is 4.90 Å². The zero-order chi connectivity index (χ0) is 15.6.